The second-order valence-corrected chi connectivity index (χ2v) is 9.22. The Morgan fingerprint density at radius 3 is 2.38 bits per heavy atom. The van der Waals surface area contributed by atoms with E-state index in [0.29, 0.717) is 12.2 Å². The van der Waals surface area contributed by atoms with Gasteiger partial charge >= 0.3 is 0 Å². The predicted octanol–water partition coefficient (Wildman–Crippen LogP) is 4.10. The molecule has 1 saturated heterocycles. The quantitative estimate of drug-likeness (QED) is 0.576. The van der Waals surface area contributed by atoms with E-state index in [1.165, 1.54) is 5.56 Å². The fourth-order valence-electron chi connectivity index (χ4n) is 5.25. The summed E-state index contributed by atoms with van der Waals surface area (Å²) in [6, 6.07) is 20.8. The molecule has 3 aromatic rings. The molecule has 5 rings (SSSR count). The molecule has 2 heterocycles. The Labute approximate surface area is 207 Å². The number of hydrogen-bond donors (Lipinski definition) is 2. The lowest BCUT2D eigenvalue weighted by atomic mass is 9.92. The molecular weight excluding hydrogens is 448 g/mol. The van der Waals surface area contributed by atoms with Crippen molar-refractivity contribution in [1.29, 1.82) is 0 Å². The molecule has 7 heteroatoms. The number of carbonyl (C=O) groups is 1. The van der Waals surface area contributed by atoms with Crippen LogP contribution in [0.3, 0.4) is 0 Å². The van der Waals surface area contributed by atoms with E-state index >= 15 is 0 Å². The summed E-state index contributed by atoms with van der Waals surface area (Å²) < 4.78 is 2.18. The van der Waals surface area contributed by atoms with Gasteiger partial charge in [-0.2, -0.15) is 0 Å². The normalized spacial score (nSPS) is 22.7. The standard InChI is InChI=1S/C27H32N4O2.ClH/c32-24-13-11-22(12-14-24)31-19-29-25(26(31)21-9-5-2-6-10-21)27(33)30-16-15-28-18-23(30)17-20-7-3-1-4-8-20;/h1-10,19,22-24,28,32H,11-18H2;1H/t22-,23-,24-;/m1./s1. The molecule has 2 N–H and O–H groups in total. The molecule has 2 aromatic carbocycles. The van der Waals surface area contributed by atoms with Gasteiger partial charge in [0.1, 0.15) is 0 Å². The lowest BCUT2D eigenvalue weighted by Crippen LogP contribution is -2.54. The number of aliphatic hydroxyl groups excluding tert-OH is 1. The van der Waals surface area contributed by atoms with E-state index in [1.54, 1.807) is 0 Å². The van der Waals surface area contributed by atoms with Gasteiger partial charge in [0.2, 0.25) is 0 Å². The van der Waals surface area contributed by atoms with Crippen molar-refractivity contribution in [3.8, 4) is 11.3 Å². The van der Waals surface area contributed by atoms with Crippen molar-refractivity contribution < 1.29 is 9.90 Å². The minimum Gasteiger partial charge on any atom is -0.393 e. The van der Waals surface area contributed by atoms with Gasteiger partial charge in [0, 0.05) is 37.3 Å². The van der Waals surface area contributed by atoms with Gasteiger partial charge in [-0.3, -0.25) is 4.79 Å². The van der Waals surface area contributed by atoms with Crippen molar-refractivity contribution in [3.63, 3.8) is 0 Å². The summed E-state index contributed by atoms with van der Waals surface area (Å²) in [6.45, 7) is 2.24. The highest BCUT2D eigenvalue weighted by Gasteiger charge is 2.33. The second kappa shape index (κ2) is 11.2. The van der Waals surface area contributed by atoms with E-state index in [4.69, 9.17) is 4.98 Å². The van der Waals surface area contributed by atoms with Crippen molar-refractivity contribution in [2.45, 2.75) is 50.3 Å². The Balaban J connectivity index is 0.00000274. The Kier molecular flexibility index (Phi) is 8.03. The summed E-state index contributed by atoms with van der Waals surface area (Å²) >= 11 is 0. The van der Waals surface area contributed by atoms with Crippen molar-refractivity contribution >= 4 is 18.3 Å². The van der Waals surface area contributed by atoms with E-state index in [9.17, 15) is 9.90 Å². The highest BCUT2D eigenvalue weighted by atomic mass is 35.5. The molecular formula is C27H33ClN4O2. The zero-order valence-corrected chi connectivity index (χ0v) is 20.2. The second-order valence-electron chi connectivity index (χ2n) is 9.22. The first-order valence-electron chi connectivity index (χ1n) is 12.1. The molecule has 0 unspecified atom stereocenters. The van der Waals surface area contributed by atoms with Crippen LogP contribution in [0.4, 0.5) is 0 Å². The molecule has 2 aliphatic rings. The Hall–Kier alpha value is -2.67. The number of carbonyl (C=O) groups excluding carboxylic acids is 1. The number of amides is 1. The lowest BCUT2D eigenvalue weighted by molar-refractivity contribution is 0.0631. The van der Waals surface area contributed by atoms with Gasteiger partial charge in [0.05, 0.1) is 18.1 Å². The number of hydrogen-bond acceptors (Lipinski definition) is 4. The SMILES string of the molecule is Cl.O=C(c1ncn([C@H]2CC[C@H](O)CC2)c1-c1ccccc1)N1CCNC[C@H]1Cc1ccccc1. The average molecular weight is 481 g/mol. The van der Waals surface area contributed by atoms with E-state index in [-0.39, 0.29) is 36.5 Å². The fraction of sp³-hybridized carbons (Fsp3) is 0.407. The van der Waals surface area contributed by atoms with Gasteiger partial charge in [-0.05, 0) is 37.7 Å². The third kappa shape index (κ3) is 5.19. The van der Waals surface area contributed by atoms with Crippen LogP contribution < -0.4 is 5.32 Å². The maximum Gasteiger partial charge on any atom is 0.275 e. The predicted molar refractivity (Wildman–Crippen MR) is 136 cm³/mol. The number of nitrogens with zero attached hydrogens (tertiary/aromatic N) is 3. The molecule has 0 spiro atoms. The maximum absolute atomic E-state index is 13.9. The van der Waals surface area contributed by atoms with Crippen LogP contribution in [0.5, 0.6) is 0 Å². The smallest absolute Gasteiger partial charge is 0.275 e. The Morgan fingerprint density at radius 2 is 1.68 bits per heavy atom. The van der Waals surface area contributed by atoms with Gasteiger partial charge in [-0.25, -0.2) is 4.98 Å². The van der Waals surface area contributed by atoms with Crippen molar-refractivity contribution in [2.75, 3.05) is 19.6 Å². The van der Waals surface area contributed by atoms with Crippen LogP contribution in [0.1, 0.15) is 47.8 Å². The zero-order chi connectivity index (χ0) is 22.6. The van der Waals surface area contributed by atoms with Gasteiger partial charge in [0.15, 0.2) is 5.69 Å². The molecule has 6 nitrogen and oxygen atoms in total. The topological polar surface area (TPSA) is 70.4 Å². The molecule has 1 aliphatic carbocycles. The summed E-state index contributed by atoms with van der Waals surface area (Å²) in [5.74, 6) is 0.00544. The van der Waals surface area contributed by atoms with E-state index in [0.717, 1.165) is 56.5 Å². The van der Waals surface area contributed by atoms with Crippen molar-refractivity contribution in [1.82, 2.24) is 19.8 Å². The van der Waals surface area contributed by atoms with Gasteiger partial charge < -0.3 is 19.9 Å². The van der Waals surface area contributed by atoms with Gasteiger partial charge in [-0.1, -0.05) is 60.7 Å². The molecule has 180 valence electrons. The van der Waals surface area contributed by atoms with Crippen molar-refractivity contribution in [3.05, 3.63) is 78.2 Å². The summed E-state index contributed by atoms with van der Waals surface area (Å²) in [6.07, 6.45) is 5.82. The minimum absolute atomic E-state index is 0. The number of aromatic nitrogens is 2. The summed E-state index contributed by atoms with van der Waals surface area (Å²) in [5, 5.41) is 13.4. The first-order valence-corrected chi connectivity index (χ1v) is 12.1. The van der Waals surface area contributed by atoms with Crippen LogP contribution in [0.25, 0.3) is 11.3 Å². The number of nitrogens with one attached hydrogen (secondary N) is 1. The molecule has 0 radical (unpaired) electrons. The first kappa shape index (κ1) is 24.5. The molecule has 1 aromatic heterocycles. The highest BCUT2D eigenvalue weighted by Crippen LogP contribution is 2.35. The average Bonchev–Trinajstić information content (AvgIpc) is 3.31. The number of imidazole rings is 1. The summed E-state index contributed by atoms with van der Waals surface area (Å²) in [5.41, 5.74) is 3.68. The van der Waals surface area contributed by atoms with Crippen LogP contribution in [-0.4, -0.2) is 57.2 Å². The van der Waals surface area contributed by atoms with Crippen LogP contribution in [-0.2, 0) is 6.42 Å². The molecule has 2 fully saturated rings. The molecule has 0 bridgehead atoms. The van der Waals surface area contributed by atoms with E-state index in [1.807, 2.05) is 47.6 Å². The molecule has 34 heavy (non-hydrogen) atoms. The van der Waals surface area contributed by atoms with Crippen LogP contribution in [0.2, 0.25) is 0 Å². The first-order chi connectivity index (χ1) is 16.2. The number of piperazine rings is 1. The van der Waals surface area contributed by atoms with E-state index in [2.05, 4.69) is 34.1 Å². The zero-order valence-electron chi connectivity index (χ0n) is 19.3. The lowest BCUT2D eigenvalue weighted by Gasteiger charge is -2.36. The maximum atomic E-state index is 13.9. The molecule has 1 aliphatic heterocycles. The van der Waals surface area contributed by atoms with Crippen LogP contribution in [0.15, 0.2) is 67.0 Å². The third-order valence-corrected chi connectivity index (χ3v) is 7.03. The van der Waals surface area contributed by atoms with E-state index < -0.39 is 0 Å². The van der Waals surface area contributed by atoms with Gasteiger partial charge in [0.25, 0.3) is 5.91 Å². The number of benzene rings is 2. The van der Waals surface area contributed by atoms with Crippen LogP contribution in [0, 0.1) is 0 Å². The number of aliphatic hydroxyl groups is 1. The largest absolute Gasteiger partial charge is 0.393 e. The van der Waals surface area contributed by atoms with Crippen LogP contribution >= 0.6 is 12.4 Å². The fourth-order valence-corrected chi connectivity index (χ4v) is 5.25. The number of halogens is 1. The summed E-state index contributed by atoms with van der Waals surface area (Å²) in [7, 11) is 0. The monoisotopic (exact) mass is 480 g/mol. The summed E-state index contributed by atoms with van der Waals surface area (Å²) in [4.78, 5) is 20.6. The molecule has 1 atom stereocenters. The van der Waals surface area contributed by atoms with Crippen molar-refractivity contribution in [2.24, 2.45) is 0 Å². The Morgan fingerprint density at radius 1 is 1.00 bits per heavy atom. The minimum atomic E-state index is -0.217. The molecule has 1 amide bonds. The number of rotatable bonds is 5. The molecule has 1 saturated carbocycles. The third-order valence-electron chi connectivity index (χ3n) is 7.03. The highest BCUT2D eigenvalue weighted by molar-refractivity contribution is 5.98. The Bertz CT molecular complexity index is 1060. The van der Waals surface area contributed by atoms with Gasteiger partial charge in [-0.15, -0.1) is 12.4 Å².